The lowest BCUT2D eigenvalue weighted by molar-refractivity contribution is -0.119. The van der Waals surface area contributed by atoms with E-state index in [1.807, 2.05) is 32.9 Å². The fraction of sp³-hybridized carbons (Fsp3) is 0.385. The number of primary amides is 1. The van der Waals surface area contributed by atoms with Crippen molar-refractivity contribution in [3.63, 3.8) is 0 Å². The third-order valence-corrected chi connectivity index (χ3v) is 2.67. The third kappa shape index (κ3) is 2.97. The van der Waals surface area contributed by atoms with E-state index in [-0.39, 0.29) is 5.92 Å². The molecule has 0 aliphatic rings. The van der Waals surface area contributed by atoms with Gasteiger partial charge in [-0.3, -0.25) is 4.79 Å². The van der Waals surface area contributed by atoms with Crippen LogP contribution in [0, 0.1) is 24.2 Å². The Hall–Kier alpha value is -2.02. The molecule has 90 valence electrons. The van der Waals surface area contributed by atoms with Gasteiger partial charge in [0, 0.05) is 0 Å². The van der Waals surface area contributed by atoms with Crippen molar-refractivity contribution in [1.29, 1.82) is 5.26 Å². The van der Waals surface area contributed by atoms with E-state index in [1.54, 1.807) is 6.07 Å². The maximum absolute atomic E-state index is 11.3. The molecule has 0 aromatic heterocycles. The zero-order valence-electron chi connectivity index (χ0n) is 10.3. The molecule has 0 aliphatic carbocycles. The predicted octanol–water partition coefficient (Wildman–Crippen LogP) is 1.79. The number of nitrogens with two attached hydrogens (primary N) is 1. The number of aryl methyl sites for hydroxylation is 1. The topological polar surface area (TPSA) is 78.9 Å². The molecule has 4 nitrogen and oxygen atoms in total. The van der Waals surface area contributed by atoms with E-state index in [1.165, 1.54) is 0 Å². The number of hydrogen-bond acceptors (Lipinski definition) is 3. The van der Waals surface area contributed by atoms with E-state index >= 15 is 0 Å². The molecule has 0 bridgehead atoms. The lowest BCUT2D eigenvalue weighted by atomic mass is 10.0. The summed E-state index contributed by atoms with van der Waals surface area (Å²) in [5.74, 6) is -0.342. The molecule has 0 aliphatic heterocycles. The normalized spacial score (nSPS) is 11.9. The second-order valence-corrected chi connectivity index (χ2v) is 4.38. The van der Waals surface area contributed by atoms with Crippen LogP contribution < -0.4 is 11.1 Å². The molecule has 1 rings (SSSR count). The summed E-state index contributed by atoms with van der Waals surface area (Å²) < 4.78 is 0. The minimum atomic E-state index is -0.469. The number of para-hydroxylation sites is 1. The molecule has 0 radical (unpaired) electrons. The van der Waals surface area contributed by atoms with Crippen molar-refractivity contribution >= 4 is 11.6 Å². The van der Waals surface area contributed by atoms with E-state index in [0.29, 0.717) is 11.3 Å². The van der Waals surface area contributed by atoms with Crippen LogP contribution in [0.2, 0.25) is 0 Å². The molecule has 3 N–H and O–H groups in total. The second kappa shape index (κ2) is 5.35. The molecule has 0 fully saturated rings. The molecule has 1 amide bonds. The van der Waals surface area contributed by atoms with Crippen molar-refractivity contribution in [2.75, 3.05) is 5.32 Å². The highest BCUT2D eigenvalue weighted by atomic mass is 16.1. The van der Waals surface area contributed by atoms with Gasteiger partial charge >= 0.3 is 0 Å². The Morgan fingerprint density at radius 1 is 1.47 bits per heavy atom. The van der Waals surface area contributed by atoms with Crippen LogP contribution in [0.25, 0.3) is 0 Å². The SMILES string of the molecule is Cc1cccc(C#N)c1NC(C(N)=O)C(C)C. The monoisotopic (exact) mass is 231 g/mol. The third-order valence-electron chi connectivity index (χ3n) is 2.67. The molecule has 1 unspecified atom stereocenters. The number of amides is 1. The lowest BCUT2D eigenvalue weighted by Gasteiger charge is -2.22. The highest BCUT2D eigenvalue weighted by Gasteiger charge is 2.20. The minimum Gasteiger partial charge on any atom is -0.372 e. The van der Waals surface area contributed by atoms with Crippen molar-refractivity contribution in [2.45, 2.75) is 26.8 Å². The predicted molar refractivity (Wildman–Crippen MR) is 67.3 cm³/mol. The van der Waals surface area contributed by atoms with Gasteiger partial charge in [0.05, 0.1) is 11.3 Å². The van der Waals surface area contributed by atoms with Crippen LogP contribution in [-0.4, -0.2) is 11.9 Å². The first-order valence-electron chi connectivity index (χ1n) is 5.53. The molecule has 1 aromatic carbocycles. The maximum Gasteiger partial charge on any atom is 0.240 e. The zero-order valence-corrected chi connectivity index (χ0v) is 10.3. The number of hydrogen-bond donors (Lipinski definition) is 2. The van der Waals surface area contributed by atoms with E-state index in [2.05, 4.69) is 11.4 Å². The van der Waals surface area contributed by atoms with Gasteiger partial charge in [0.15, 0.2) is 0 Å². The van der Waals surface area contributed by atoms with E-state index < -0.39 is 11.9 Å². The van der Waals surface area contributed by atoms with Crippen LogP contribution in [0.3, 0.4) is 0 Å². The summed E-state index contributed by atoms with van der Waals surface area (Å²) in [5.41, 5.74) is 7.48. The summed E-state index contributed by atoms with van der Waals surface area (Å²) in [4.78, 5) is 11.3. The van der Waals surface area contributed by atoms with Crippen LogP contribution in [0.1, 0.15) is 25.0 Å². The lowest BCUT2D eigenvalue weighted by Crippen LogP contribution is -2.39. The number of rotatable bonds is 4. The molecule has 1 aromatic rings. The highest BCUT2D eigenvalue weighted by Crippen LogP contribution is 2.22. The number of carbonyl (C=O) groups is 1. The quantitative estimate of drug-likeness (QED) is 0.829. The Morgan fingerprint density at radius 2 is 2.12 bits per heavy atom. The van der Waals surface area contributed by atoms with Gasteiger partial charge in [-0.05, 0) is 24.5 Å². The first kappa shape index (κ1) is 13.0. The van der Waals surface area contributed by atoms with Crippen molar-refractivity contribution in [2.24, 2.45) is 11.7 Å². The van der Waals surface area contributed by atoms with Crippen LogP contribution >= 0.6 is 0 Å². The fourth-order valence-corrected chi connectivity index (χ4v) is 1.67. The number of carbonyl (C=O) groups excluding carboxylic acids is 1. The zero-order chi connectivity index (χ0) is 13.0. The Bertz CT molecular complexity index is 460. The molecular formula is C13H17N3O. The largest absolute Gasteiger partial charge is 0.372 e. The van der Waals surface area contributed by atoms with Crippen LogP contribution in [0.15, 0.2) is 18.2 Å². The highest BCUT2D eigenvalue weighted by molar-refractivity contribution is 5.84. The molecular weight excluding hydrogens is 214 g/mol. The molecule has 0 heterocycles. The Morgan fingerprint density at radius 3 is 2.59 bits per heavy atom. The van der Waals surface area contributed by atoms with Gasteiger partial charge in [0.1, 0.15) is 12.1 Å². The average Bonchev–Trinajstić information content (AvgIpc) is 2.25. The molecule has 17 heavy (non-hydrogen) atoms. The first-order chi connectivity index (χ1) is 7.97. The van der Waals surface area contributed by atoms with Crippen molar-refractivity contribution < 1.29 is 4.79 Å². The number of nitriles is 1. The van der Waals surface area contributed by atoms with E-state index in [0.717, 1.165) is 5.56 Å². The van der Waals surface area contributed by atoms with Gasteiger partial charge in [-0.2, -0.15) is 5.26 Å². The second-order valence-electron chi connectivity index (χ2n) is 4.38. The molecule has 0 saturated carbocycles. The first-order valence-corrected chi connectivity index (χ1v) is 5.53. The summed E-state index contributed by atoms with van der Waals surface area (Å²) in [5, 5.41) is 12.1. The van der Waals surface area contributed by atoms with Crippen LogP contribution in [0.4, 0.5) is 5.69 Å². The van der Waals surface area contributed by atoms with Gasteiger partial charge in [-0.15, -0.1) is 0 Å². The molecule has 0 saturated heterocycles. The van der Waals surface area contributed by atoms with Crippen molar-refractivity contribution in [3.8, 4) is 6.07 Å². The smallest absolute Gasteiger partial charge is 0.240 e. The maximum atomic E-state index is 11.3. The molecule has 0 spiro atoms. The van der Waals surface area contributed by atoms with Crippen molar-refractivity contribution in [1.82, 2.24) is 0 Å². The summed E-state index contributed by atoms with van der Waals surface area (Å²) in [7, 11) is 0. The van der Waals surface area contributed by atoms with Gasteiger partial charge in [0.2, 0.25) is 5.91 Å². The average molecular weight is 231 g/mol. The van der Waals surface area contributed by atoms with Gasteiger partial charge < -0.3 is 11.1 Å². The summed E-state index contributed by atoms with van der Waals surface area (Å²) in [6.07, 6.45) is 0. The molecule has 4 heteroatoms. The number of nitrogens with one attached hydrogen (secondary N) is 1. The van der Waals surface area contributed by atoms with Gasteiger partial charge in [0.25, 0.3) is 0 Å². The van der Waals surface area contributed by atoms with E-state index in [9.17, 15) is 4.79 Å². The summed E-state index contributed by atoms with van der Waals surface area (Å²) in [6.45, 7) is 5.71. The van der Waals surface area contributed by atoms with Crippen LogP contribution in [-0.2, 0) is 4.79 Å². The summed E-state index contributed by atoms with van der Waals surface area (Å²) >= 11 is 0. The minimum absolute atomic E-state index is 0.0682. The van der Waals surface area contributed by atoms with Crippen LogP contribution in [0.5, 0.6) is 0 Å². The van der Waals surface area contributed by atoms with Gasteiger partial charge in [-0.25, -0.2) is 0 Å². The standard InChI is InChI=1S/C13H17N3O/c1-8(2)11(13(15)17)16-12-9(3)5-4-6-10(12)7-14/h4-6,8,11,16H,1-3H3,(H2,15,17). The number of nitrogens with zero attached hydrogens (tertiary/aromatic N) is 1. The summed E-state index contributed by atoms with van der Waals surface area (Å²) in [6, 6.07) is 7.06. The molecule has 1 atom stereocenters. The van der Waals surface area contributed by atoms with E-state index in [4.69, 9.17) is 11.0 Å². The number of anilines is 1. The van der Waals surface area contributed by atoms with Crippen molar-refractivity contribution in [3.05, 3.63) is 29.3 Å². The Kier molecular flexibility index (Phi) is 4.11. The number of benzene rings is 1. The fourth-order valence-electron chi connectivity index (χ4n) is 1.67. The Balaban J connectivity index is 3.10. The Labute approximate surface area is 101 Å². The van der Waals surface area contributed by atoms with Gasteiger partial charge in [-0.1, -0.05) is 26.0 Å².